The average molecular weight is 466 g/mol. The first-order chi connectivity index (χ1) is 16.0. The number of aryl methyl sites for hydroxylation is 2. The predicted octanol–water partition coefficient (Wildman–Crippen LogP) is 4.08. The number of methoxy groups -OCH3 is 1. The quantitative estimate of drug-likeness (QED) is 0.346. The Morgan fingerprint density at radius 1 is 1.03 bits per heavy atom. The largest absolute Gasteiger partial charge is 0.495 e. The van der Waals surface area contributed by atoms with E-state index in [0.717, 1.165) is 22.6 Å². The van der Waals surface area contributed by atoms with Gasteiger partial charge in [-0.2, -0.15) is 15.0 Å². The molecule has 0 radical (unpaired) electrons. The number of rotatable bonds is 9. The van der Waals surface area contributed by atoms with Crippen LogP contribution in [0.3, 0.4) is 0 Å². The molecule has 2 aromatic carbocycles. The molecule has 2 heterocycles. The number of nitrogen functional groups attached to an aromatic ring is 1. The van der Waals surface area contributed by atoms with Crippen molar-refractivity contribution in [3.63, 3.8) is 0 Å². The monoisotopic (exact) mass is 465 g/mol. The molecule has 0 amide bonds. The molecule has 0 spiro atoms. The predicted molar refractivity (Wildman–Crippen MR) is 125 cm³/mol. The number of ether oxygens (including phenoxy) is 2. The Labute approximate surface area is 195 Å². The van der Waals surface area contributed by atoms with E-state index in [1.807, 2.05) is 56.3 Å². The third kappa shape index (κ3) is 5.89. The van der Waals surface area contributed by atoms with Gasteiger partial charge in [0, 0.05) is 0 Å². The van der Waals surface area contributed by atoms with Gasteiger partial charge in [0.25, 0.3) is 11.1 Å². The summed E-state index contributed by atoms with van der Waals surface area (Å²) in [5.41, 5.74) is 8.74. The Kier molecular flexibility index (Phi) is 6.89. The third-order valence-corrected chi connectivity index (χ3v) is 5.33. The van der Waals surface area contributed by atoms with Crippen LogP contribution in [0.1, 0.15) is 22.8 Å². The smallest absolute Gasteiger partial charge is 0.277 e. The first kappa shape index (κ1) is 22.3. The van der Waals surface area contributed by atoms with E-state index < -0.39 is 0 Å². The summed E-state index contributed by atoms with van der Waals surface area (Å²) >= 11 is 1.30. The summed E-state index contributed by atoms with van der Waals surface area (Å²) in [4.78, 5) is 12.7. The number of thioether (sulfide) groups is 1. The topological polar surface area (TPSA) is 134 Å². The van der Waals surface area contributed by atoms with Crippen molar-refractivity contribution in [3.8, 4) is 11.5 Å². The van der Waals surface area contributed by atoms with Crippen LogP contribution in [0.15, 0.2) is 52.1 Å². The molecule has 0 aliphatic rings. The number of nitrogens with two attached hydrogens (primary N) is 1. The van der Waals surface area contributed by atoms with Crippen LogP contribution < -0.4 is 20.5 Å². The van der Waals surface area contributed by atoms with Crippen molar-refractivity contribution in [2.75, 3.05) is 18.2 Å². The molecule has 0 unspecified atom stereocenters. The maximum atomic E-state index is 5.86. The molecular weight excluding hydrogens is 442 g/mol. The van der Waals surface area contributed by atoms with Crippen molar-refractivity contribution in [1.82, 2.24) is 25.1 Å². The summed E-state index contributed by atoms with van der Waals surface area (Å²) in [5.74, 6) is 3.09. The van der Waals surface area contributed by atoms with Gasteiger partial charge in [0.1, 0.15) is 17.3 Å². The number of hydrogen-bond acceptors (Lipinski definition) is 11. The molecule has 11 heteroatoms. The van der Waals surface area contributed by atoms with E-state index >= 15 is 0 Å². The Hall–Kier alpha value is -3.86. The Bertz CT molecular complexity index is 1250. The van der Waals surface area contributed by atoms with Gasteiger partial charge in [0.05, 0.1) is 18.6 Å². The van der Waals surface area contributed by atoms with Crippen LogP contribution in [-0.4, -0.2) is 32.3 Å². The van der Waals surface area contributed by atoms with Crippen LogP contribution in [0.25, 0.3) is 0 Å². The van der Waals surface area contributed by atoms with E-state index in [2.05, 4.69) is 30.5 Å². The second-order valence-electron chi connectivity index (χ2n) is 7.07. The first-order valence-corrected chi connectivity index (χ1v) is 11.0. The lowest BCUT2D eigenvalue weighted by Gasteiger charge is -2.10. The number of nitrogens with one attached hydrogen (secondary N) is 1. The van der Waals surface area contributed by atoms with Crippen LogP contribution in [0.5, 0.6) is 11.5 Å². The Balaban J connectivity index is 1.37. The number of hydrogen-bond donors (Lipinski definition) is 2. The summed E-state index contributed by atoms with van der Waals surface area (Å²) < 4.78 is 16.8. The van der Waals surface area contributed by atoms with Crippen molar-refractivity contribution in [3.05, 3.63) is 65.3 Å². The summed E-state index contributed by atoms with van der Waals surface area (Å²) in [5, 5.41) is 11.6. The zero-order chi connectivity index (χ0) is 23.2. The molecule has 2 aromatic heterocycles. The highest BCUT2D eigenvalue weighted by Crippen LogP contribution is 2.27. The lowest BCUT2D eigenvalue weighted by molar-refractivity contribution is 0.250. The number of nitrogens with zero attached hydrogens (tertiary/aromatic N) is 5. The van der Waals surface area contributed by atoms with Gasteiger partial charge in [-0.3, -0.25) is 0 Å². The number of aromatic nitrogens is 5. The van der Waals surface area contributed by atoms with E-state index in [0.29, 0.717) is 34.4 Å². The average Bonchev–Trinajstić information content (AvgIpc) is 3.26. The highest BCUT2D eigenvalue weighted by atomic mass is 32.2. The van der Waals surface area contributed by atoms with E-state index in [9.17, 15) is 0 Å². The molecule has 0 fully saturated rings. The van der Waals surface area contributed by atoms with Crippen molar-refractivity contribution in [1.29, 1.82) is 0 Å². The maximum absolute atomic E-state index is 5.86. The lowest BCUT2D eigenvalue weighted by Crippen LogP contribution is -2.07. The van der Waals surface area contributed by atoms with Crippen LogP contribution in [0.4, 0.5) is 17.6 Å². The molecule has 0 aliphatic carbocycles. The van der Waals surface area contributed by atoms with Gasteiger partial charge in [-0.25, -0.2) is 0 Å². The van der Waals surface area contributed by atoms with Crippen molar-refractivity contribution in [2.45, 2.75) is 31.4 Å². The zero-order valence-corrected chi connectivity index (χ0v) is 19.2. The molecule has 0 bridgehead atoms. The normalized spacial score (nSPS) is 10.8. The standard InChI is InChI=1S/C22H23N7O3S/c1-13-8-9-14(2)17(10-13)31-11-19-28-29-22(32-19)33-12-18-25-20(23)27-21(26-18)24-15-6-4-5-7-16(15)30-3/h4-10H,11-12H2,1-3H3,(H3,23,24,25,26,27). The molecule has 0 saturated heterocycles. The van der Waals surface area contributed by atoms with Crippen LogP contribution in [0.2, 0.25) is 0 Å². The number of benzene rings is 2. The Morgan fingerprint density at radius 3 is 2.73 bits per heavy atom. The Morgan fingerprint density at radius 2 is 1.88 bits per heavy atom. The molecule has 10 nitrogen and oxygen atoms in total. The van der Waals surface area contributed by atoms with Crippen molar-refractivity contribution < 1.29 is 13.9 Å². The highest BCUT2D eigenvalue weighted by Gasteiger charge is 2.12. The minimum Gasteiger partial charge on any atom is -0.495 e. The summed E-state index contributed by atoms with van der Waals surface area (Å²) in [6.45, 7) is 4.18. The minimum atomic E-state index is 0.103. The SMILES string of the molecule is COc1ccccc1Nc1nc(N)nc(CSc2nnc(COc3cc(C)ccc3C)o2)n1. The maximum Gasteiger partial charge on any atom is 0.277 e. The van der Waals surface area contributed by atoms with Crippen LogP contribution in [-0.2, 0) is 12.4 Å². The third-order valence-electron chi connectivity index (χ3n) is 4.52. The second kappa shape index (κ2) is 10.2. The molecule has 33 heavy (non-hydrogen) atoms. The van der Waals surface area contributed by atoms with Gasteiger partial charge < -0.3 is 24.9 Å². The molecule has 4 rings (SSSR count). The summed E-state index contributed by atoms with van der Waals surface area (Å²) in [6.07, 6.45) is 0. The minimum absolute atomic E-state index is 0.103. The fourth-order valence-electron chi connectivity index (χ4n) is 2.91. The summed E-state index contributed by atoms with van der Waals surface area (Å²) in [6, 6.07) is 13.5. The van der Waals surface area contributed by atoms with Gasteiger partial charge in [0.15, 0.2) is 6.61 Å². The van der Waals surface area contributed by atoms with Crippen molar-refractivity contribution in [2.24, 2.45) is 0 Å². The second-order valence-corrected chi connectivity index (χ2v) is 7.99. The molecule has 0 aliphatic heterocycles. The molecular formula is C22H23N7O3S. The van der Waals surface area contributed by atoms with Crippen LogP contribution in [0, 0.1) is 13.8 Å². The van der Waals surface area contributed by atoms with Gasteiger partial charge in [0.2, 0.25) is 11.9 Å². The zero-order valence-electron chi connectivity index (χ0n) is 18.4. The highest BCUT2D eigenvalue weighted by molar-refractivity contribution is 7.98. The van der Waals surface area contributed by atoms with Gasteiger partial charge in [-0.1, -0.05) is 36.0 Å². The molecule has 3 N–H and O–H groups in total. The fraction of sp³-hybridized carbons (Fsp3) is 0.227. The van der Waals surface area contributed by atoms with Gasteiger partial charge in [-0.05, 0) is 43.2 Å². The molecule has 4 aromatic rings. The van der Waals surface area contributed by atoms with E-state index in [4.69, 9.17) is 19.6 Å². The van der Waals surface area contributed by atoms with E-state index in [-0.39, 0.29) is 12.6 Å². The van der Waals surface area contributed by atoms with Gasteiger partial charge >= 0.3 is 0 Å². The van der Waals surface area contributed by atoms with E-state index in [1.54, 1.807) is 7.11 Å². The lowest BCUT2D eigenvalue weighted by atomic mass is 10.1. The van der Waals surface area contributed by atoms with E-state index in [1.165, 1.54) is 11.8 Å². The van der Waals surface area contributed by atoms with Gasteiger partial charge in [-0.15, -0.1) is 10.2 Å². The van der Waals surface area contributed by atoms with Crippen molar-refractivity contribution >= 4 is 29.3 Å². The fourth-order valence-corrected chi connectivity index (χ4v) is 3.55. The first-order valence-electron chi connectivity index (χ1n) is 10.1. The van der Waals surface area contributed by atoms with Crippen LogP contribution >= 0.6 is 11.8 Å². The molecule has 0 atom stereocenters. The number of anilines is 3. The molecule has 170 valence electrons. The number of para-hydroxylation sites is 2. The summed E-state index contributed by atoms with van der Waals surface area (Å²) in [7, 11) is 1.59. The molecule has 0 saturated carbocycles.